The van der Waals surface area contributed by atoms with Gasteiger partial charge in [0.05, 0.1) is 11.0 Å². The van der Waals surface area contributed by atoms with Gasteiger partial charge in [-0.3, -0.25) is 19.7 Å². The topological polar surface area (TPSA) is 106 Å². The van der Waals surface area contributed by atoms with E-state index in [4.69, 9.17) is 9.72 Å². The first-order valence-electron chi connectivity index (χ1n) is 12.8. The number of amides is 3. The summed E-state index contributed by atoms with van der Waals surface area (Å²) < 4.78 is 7.17. The van der Waals surface area contributed by atoms with Crippen molar-refractivity contribution in [2.75, 3.05) is 36.3 Å². The van der Waals surface area contributed by atoms with Crippen LogP contribution in [-0.4, -0.2) is 48.0 Å². The first kappa shape index (κ1) is 26.3. The minimum absolute atomic E-state index is 0.110. The Labute approximate surface area is 217 Å². The van der Waals surface area contributed by atoms with Crippen molar-refractivity contribution in [2.45, 2.75) is 52.0 Å². The van der Waals surface area contributed by atoms with Gasteiger partial charge in [0.15, 0.2) is 0 Å². The molecule has 2 N–H and O–H groups in total. The van der Waals surface area contributed by atoms with Crippen LogP contribution in [0.25, 0.3) is 11.0 Å². The zero-order valence-corrected chi connectivity index (χ0v) is 21.8. The van der Waals surface area contributed by atoms with Crippen molar-refractivity contribution < 1.29 is 19.1 Å². The summed E-state index contributed by atoms with van der Waals surface area (Å²) in [5, 5.41) is 5.62. The zero-order valence-electron chi connectivity index (χ0n) is 21.8. The molecule has 1 heterocycles. The van der Waals surface area contributed by atoms with Crippen LogP contribution in [0.1, 0.15) is 55.8 Å². The number of aromatic nitrogens is 2. The van der Waals surface area contributed by atoms with Gasteiger partial charge in [-0.05, 0) is 61.6 Å². The Bertz CT molecular complexity index is 1280. The average Bonchev–Trinajstić information content (AvgIpc) is 3.50. The fourth-order valence-electron chi connectivity index (χ4n) is 4.87. The van der Waals surface area contributed by atoms with Gasteiger partial charge in [-0.25, -0.2) is 4.98 Å². The van der Waals surface area contributed by atoms with E-state index in [1.165, 1.54) is 19.8 Å². The molecule has 0 atom stereocenters. The Balaban J connectivity index is 1.58. The summed E-state index contributed by atoms with van der Waals surface area (Å²) in [5.74, 6) is 0.459. The minimum atomic E-state index is -0.334. The smallest absolute Gasteiger partial charge is 0.258 e. The van der Waals surface area contributed by atoms with E-state index in [2.05, 4.69) is 10.6 Å². The number of benzene rings is 2. The number of imidazole rings is 1. The molecule has 9 nitrogen and oxygen atoms in total. The van der Waals surface area contributed by atoms with Crippen LogP contribution in [0, 0.1) is 5.92 Å². The molecule has 0 radical (unpaired) electrons. The predicted molar refractivity (Wildman–Crippen MR) is 145 cm³/mol. The molecule has 9 heteroatoms. The van der Waals surface area contributed by atoms with Gasteiger partial charge < -0.3 is 19.5 Å². The van der Waals surface area contributed by atoms with Crippen LogP contribution in [0.2, 0.25) is 0 Å². The van der Waals surface area contributed by atoms with E-state index in [1.807, 2.05) is 22.8 Å². The van der Waals surface area contributed by atoms with Gasteiger partial charge >= 0.3 is 0 Å². The van der Waals surface area contributed by atoms with Crippen LogP contribution in [0.15, 0.2) is 42.5 Å². The summed E-state index contributed by atoms with van der Waals surface area (Å²) >= 11 is 0. The number of hydrogen-bond acceptors (Lipinski definition) is 5. The fraction of sp³-hybridized carbons (Fsp3) is 0.429. The van der Waals surface area contributed by atoms with Gasteiger partial charge in [-0.2, -0.15) is 0 Å². The highest BCUT2D eigenvalue weighted by molar-refractivity contribution is 6.05. The number of methoxy groups -OCH3 is 1. The van der Waals surface area contributed by atoms with Crippen LogP contribution in [0.5, 0.6) is 0 Å². The number of carbonyl (C=O) groups excluding carboxylic acids is 3. The number of ether oxygens (including phenoxy) is 1. The molecular formula is C28H35N5O4. The lowest BCUT2D eigenvalue weighted by molar-refractivity contribution is -0.119. The van der Waals surface area contributed by atoms with E-state index in [-0.39, 0.29) is 17.7 Å². The molecule has 1 fully saturated rings. The molecule has 0 saturated heterocycles. The van der Waals surface area contributed by atoms with E-state index >= 15 is 0 Å². The molecule has 1 aromatic heterocycles. The maximum absolute atomic E-state index is 13.1. The Morgan fingerprint density at radius 2 is 1.89 bits per heavy atom. The van der Waals surface area contributed by atoms with Crippen molar-refractivity contribution >= 4 is 46.1 Å². The van der Waals surface area contributed by atoms with Gasteiger partial charge in [0.25, 0.3) is 5.91 Å². The predicted octanol–water partition coefficient (Wildman–Crippen LogP) is 4.83. The summed E-state index contributed by atoms with van der Waals surface area (Å²) in [4.78, 5) is 43.8. The second-order valence-corrected chi connectivity index (χ2v) is 9.63. The zero-order chi connectivity index (χ0) is 26.4. The van der Waals surface area contributed by atoms with Crippen LogP contribution in [0.3, 0.4) is 0 Å². The molecule has 0 unspecified atom stereocenters. The molecular weight excluding hydrogens is 470 g/mol. The number of rotatable bonds is 10. The normalized spacial score (nSPS) is 13.6. The van der Waals surface area contributed by atoms with Crippen LogP contribution < -0.4 is 15.5 Å². The van der Waals surface area contributed by atoms with E-state index in [9.17, 15) is 14.4 Å². The highest BCUT2D eigenvalue weighted by Crippen LogP contribution is 2.30. The molecule has 1 aliphatic carbocycles. The molecule has 1 saturated carbocycles. The fourth-order valence-corrected chi connectivity index (χ4v) is 4.87. The number of hydrogen-bond donors (Lipinski definition) is 2. The quantitative estimate of drug-likeness (QED) is 0.384. The maximum atomic E-state index is 13.1. The van der Waals surface area contributed by atoms with Gasteiger partial charge in [0.1, 0.15) is 0 Å². The van der Waals surface area contributed by atoms with Crippen molar-refractivity contribution in [2.24, 2.45) is 5.92 Å². The Hall–Kier alpha value is -3.72. The number of nitrogens with zero attached hydrogens (tertiary/aromatic N) is 3. The van der Waals surface area contributed by atoms with Crippen molar-refractivity contribution in [1.29, 1.82) is 0 Å². The van der Waals surface area contributed by atoms with Crippen molar-refractivity contribution in [3.63, 3.8) is 0 Å². The van der Waals surface area contributed by atoms with E-state index in [0.29, 0.717) is 48.2 Å². The SMILES string of the molecule is COCCCn1c(NC(=O)c2cccc(NC(C)=O)c2)nc2cc(N(C)C(=O)CC3CCCC3)ccc21. The van der Waals surface area contributed by atoms with Crippen molar-refractivity contribution in [3.05, 3.63) is 48.0 Å². The second-order valence-electron chi connectivity index (χ2n) is 9.63. The Morgan fingerprint density at radius 3 is 2.62 bits per heavy atom. The largest absolute Gasteiger partial charge is 0.385 e. The molecule has 0 spiro atoms. The molecule has 1 aliphatic rings. The Kier molecular flexibility index (Phi) is 8.55. The second kappa shape index (κ2) is 12.0. The molecule has 3 amide bonds. The average molecular weight is 506 g/mol. The lowest BCUT2D eigenvalue weighted by Gasteiger charge is -2.19. The van der Waals surface area contributed by atoms with E-state index < -0.39 is 0 Å². The highest BCUT2D eigenvalue weighted by Gasteiger charge is 2.22. The minimum Gasteiger partial charge on any atom is -0.385 e. The first-order chi connectivity index (χ1) is 17.9. The third-order valence-corrected chi connectivity index (χ3v) is 6.83. The summed E-state index contributed by atoms with van der Waals surface area (Å²) in [5.41, 5.74) is 3.28. The molecule has 4 rings (SSSR count). The van der Waals surface area contributed by atoms with E-state index in [1.54, 1.807) is 43.3 Å². The molecule has 37 heavy (non-hydrogen) atoms. The van der Waals surface area contributed by atoms with Crippen LogP contribution >= 0.6 is 0 Å². The van der Waals surface area contributed by atoms with Gasteiger partial charge in [-0.1, -0.05) is 18.9 Å². The Morgan fingerprint density at radius 1 is 1.11 bits per heavy atom. The van der Waals surface area contributed by atoms with Gasteiger partial charge in [0.2, 0.25) is 17.8 Å². The lowest BCUT2D eigenvalue weighted by atomic mass is 10.0. The molecule has 0 aliphatic heterocycles. The monoisotopic (exact) mass is 505 g/mol. The number of aryl methyl sites for hydroxylation is 1. The maximum Gasteiger partial charge on any atom is 0.258 e. The van der Waals surface area contributed by atoms with Crippen LogP contribution in [-0.2, 0) is 20.9 Å². The highest BCUT2D eigenvalue weighted by atomic mass is 16.5. The summed E-state index contributed by atoms with van der Waals surface area (Å²) in [7, 11) is 3.46. The third kappa shape index (κ3) is 6.54. The van der Waals surface area contributed by atoms with Crippen molar-refractivity contribution in [1.82, 2.24) is 9.55 Å². The third-order valence-electron chi connectivity index (χ3n) is 6.83. The molecule has 2 aromatic carbocycles. The van der Waals surface area contributed by atoms with E-state index in [0.717, 1.165) is 30.5 Å². The summed E-state index contributed by atoms with van der Waals surface area (Å²) in [6.07, 6.45) is 5.98. The number of carbonyl (C=O) groups is 3. The van der Waals surface area contributed by atoms with Gasteiger partial charge in [-0.15, -0.1) is 0 Å². The molecule has 3 aromatic rings. The summed E-state index contributed by atoms with van der Waals surface area (Å²) in [6, 6.07) is 12.5. The number of nitrogens with one attached hydrogen (secondary N) is 2. The summed E-state index contributed by atoms with van der Waals surface area (Å²) in [6.45, 7) is 2.59. The van der Waals surface area contributed by atoms with Crippen molar-refractivity contribution in [3.8, 4) is 0 Å². The lowest BCUT2D eigenvalue weighted by Crippen LogP contribution is -2.27. The molecule has 196 valence electrons. The standard InChI is InChI=1S/C28H35N5O4/c1-19(34)29-22-11-6-10-21(17-22)27(36)31-28-30-24-18-23(12-13-25(24)33(28)14-7-15-37-3)32(2)26(35)16-20-8-4-5-9-20/h6,10-13,17-18,20H,4-5,7-9,14-16H2,1-3H3,(H,29,34)(H,30,31,36). The molecule has 0 bridgehead atoms. The first-order valence-corrected chi connectivity index (χ1v) is 12.8. The van der Waals surface area contributed by atoms with Crippen LogP contribution in [0.4, 0.5) is 17.3 Å². The number of fused-ring (bicyclic) bond motifs is 1. The number of anilines is 3. The van der Waals surface area contributed by atoms with Gasteiger partial charge in [0, 0.05) is 57.6 Å².